The molecule has 0 aliphatic rings. The van der Waals surface area contributed by atoms with Crippen LogP contribution >= 0.6 is 0 Å². The number of esters is 1. The number of nitrogens with one attached hydrogen (secondary N) is 1. The van der Waals surface area contributed by atoms with Crippen molar-refractivity contribution in [2.75, 3.05) is 19.9 Å². The van der Waals surface area contributed by atoms with Crippen LogP contribution in [0.15, 0.2) is 0 Å². The number of carbonyl (C=O) groups is 2. The number of hydrogen-bond acceptors (Lipinski definition) is 5. The topological polar surface area (TPSA) is 99.2 Å². The second-order valence-corrected chi connectivity index (χ2v) is 3.54. The van der Waals surface area contributed by atoms with Crippen molar-refractivity contribution in [3.8, 4) is 0 Å². The van der Waals surface area contributed by atoms with Crippen LogP contribution in [-0.4, -0.2) is 35.6 Å². The maximum absolute atomic E-state index is 11.5. The first-order chi connectivity index (χ1) is 7.93. The lowest BCUT2D eigenvalue weighted by Crippen LogP contribution is -2.29. The van der Waals surface area contributed by atoms with Gasteiger partial charge in [-0.1, -0.05) is 0 Å². The maximum atomic E-state index is 11.5. The van der Waals surface area contributed by atoms with Gasteiger partial charge in [0.1, 0.15) is 17.7 Å². The zero-order valence-corrected chi connectivity index (χ0v) is 10.3. The van der Waals surface area contributed by atoms with Gasteiger partial charge in [-0.05, 0) is 13.8 Å². The third-order valence-corrected chi connectivity index (χ3v) is 2.52. The van der Waals surface area contributed by atoms with Gasteiger partial charge in [0, 0.05) is 7.05 Å². The summed E-state index contributed by atoms with van der Waals surface area (Å²) >= 11 is 0. The van der Waals surface area contributed by atoms with E-state index in [0.717, 1.165) is 0 Å². The Morgan fingerprint density at radius 3 is 2.59 bits per heavy atom. The molecule has 1 rings (SSSR count). The van der Waals surface area contributed by atoms with E-state index in [1.54, 1.807) is 13.8 Å². The fraction of sp³-hybridized carbons (Fsp3) is 0.500. The maximum Gasteiger partial charge on any atom is 0.360 e. The summed E-state index contributed by atoms with van der Waals surface area (Å²) in [4.78, 5) is 26.9. The molecule has 1 amide bonds. The highest BCUT2D eigenvalue weighted by Gasteiger charge is 2.24. The van der Waals surface area contributed by atoms with Gasteiger partial charge in [-0.2, -0.15) is 0 Å². The SMILES string of the molecule is CNC(=O)C(C)n1c(C)nc(C(=O)OC)c1N. The molecule has 17 heavy (non-hydrogen) atoms. The molecule has 94 valence electrons. The summed E-state index contributed by atoms with van der Waals surface area (Å²) in [6.07, 6.45) is 0. The van der Waals surface area contributed by atoms with Crippen LogP contribution in [0.1, 0.15) is 29.3 Å². The van der Waals surface area contributed by atoms with Crippen molar-refractivity contribution in [2.45, 2.75) is 19.9 Å². The number of aromatic nitrogens is 2. The van der Waals surface area contributed by atoms with E-state index < -0.39 is 12.0 Å². The van der Waals surface area contributed by atoms with Crippen molar-refractivity contribution < 1.29 is 14.3 Å². The number of hydrogen-bond donors (Lipinski definition) is 2. The number of aryl methyl sites for hydroxylation is 1. The average molecular weight is 240 g/mol. The second-order valence-electron chi connectivity index (χ2n) is 3.54. The van der Waals surface area contributed by atoms with Gasteiger partial charge in [-0.25, -0.2) is 9.78 Å². The van der Waals surface area contributed by atoms with Crippen LogP contribution < -0.4 is 11.1 Å². The van der Waals surface area contributed by atoms with E-state index in [4.69, 9.17) is 5.73 Å². The summed E-state index contributed by atoms with van der Waals surface area (Å²) in [6, 6.07) is -0.536. The minimum atomic E-state index is -0.617. The molecule has 0 spiro atoms. The first kappa shape index (κ1) is 13.0. The fourth-order valence-corrected chi connectivity index (χ4v) is 1.62. The van der Waals surface area contributed by atoms with Crippen molar-refractivity contribution in [2.24, 2.45) is 0 Å². The van der Waals surface area contributed by atoms with Gasteiger partial charge in [0.2, 0.25) is 5.91 Å². The highest BCUT2D eigenvalue weighted by Crippen LogP contribution is 2.20. The van der Waals surface area contributed by atoms with E-state index in [2.05, 4.69) is 15.0 Å². The van der Waals surface area contributed by atoms with Gasteiger partial charge in [0.05, 0.1) is 7.11 Å². The Hall–Kier alpha value is -2.05. The second kappa shape index (κ2) is 4.86. The number of amides is 1. The smallest absolute Gasteiger partial charge is 0.360 e. The van der Waals surface area contributed by atoms with Gasteiger partial charge in [-0.3, -0.25) is 4.79 Å². The predicted octanol–water partition coefficient (Wildman–Crippen LogP) is -0.133. The number of likely N-dealkylation sites (N-methyl/N-ethyl adjacent to an activating group) is 1. The highest BCUT2D eigenvalue weighted by atomic mass is 16.5. The molecule has 0 saturated heterocycles. The number of rotatable bonds is 3. The molecule has 0 fully saturated rings. The van der Waals surface area contributed by atoms with Gasteiger partial charge >= 0.3 is 5.97 Å². The summed E-state index contributed by atoms with van der Waals surface area (Å²) in [5, 5.41) is 2.51. The van der Waals surface area contributed by atoms with E-state index in [9.17, 15) is 9.59 Å². The van der Waals surface area contributed by atoms with Gasteiger partial charge in [0.15, 0.2) is 5.69 Å². The standard InChI is InChI=1S/C10H16N4O3/c1-5(9(15)12-3)14-6(2)13-7(8(14)11)10(16)17-4/h5H,11H2,1-4H3,(H,12,15). The molecule has 7 heteroatoms. The fourth-order valence-electron chi connectivity index (χ4n) is 1.62. The lowest BCUT2D eigenvalue weighted by Gasteiger charge is -2.15. The summed E-state index contributed by atoms with van der Waals surface area (Å²) in [7, 11) is 2.78. The Morgan fingerprint density at radius 2 is 2.12 bits per heavy atom. The quantitative estimate of drug-likeness (QED) is 0.717. The van der Waals surface area contributed by atoms with Crippen LogP contribution in [-0.2, 0) is 9.53 Å². The van der Waals surface area contributed by atoms with E-state index in [1.165, 1.54) is 18.7 Å². The highest BCUT2D eigenvalue weighted by molar-refractivity contribution is 5.92. The number of anilines is 1. The zero-order valence-electron chi connectivity index (χ0n) is 10.3. The minimum absolute atomic E-state index is 0.0285. The van der Waals surface area contributed by atoms with E-state index >= 15 is 0 Å². The first-order valence-corrected chi connectivity index (χ1v) is 5.08. The number of imidazole rings is 1. The molecule has 0 aromatic carbocycles. The first-order valence-electron chi connectivity index (χ1n) is 5.08. The molecule has 1 unspecified atom stereocenters. The molecular weight excluding hydrogens is 224 g/mol. The summed E-state index contributed by atoms with van der Waals surface area (Å²) in [5.41, 5.74) is 5.82. The average Bonchev–Trinajstić information content (AvgIpc) is 2.62. The minimum Gasteiger partial charge on any atom is -0.464 e. The van der Waals surface area contributed by atoms with Crippen LogP contribution in [0.4, 0.5) is 5.82 Å². The van der Waals surface area contributed by atoms with Crippen LogP contribution in [0, 0.1) is 6.92 Å². The normalized spacial score (nSPS) is 12.0. The Balaban J connectivity index is 3.22. The molecule has 3 N–H and O–H groups in total. The molecule has 1 heterocycles. The van der Waals surface area contributed by atoms with Gasteiger partial charge in [-0.15, -0.1) is 0 Å². The third-order valence-electron chi connectivity index (χ3n) is 2.52. The Labute approximate surface area is 99.0 Å². The number of nitrogen functional groups attached to an aromatic ring is 1. The Bertz CT molecular complexity index is 453. The van der Waals surface area contributed by atoms with Crippen LogP contribution in [0.25, 0.3) is 0 Å². The van der Waals surface area contributed by atoms with Crippen molar-refractivity contribution in [1.29, 1.82) is 0 Å². The lowest BCUT2D eigenvalue weighted by molar-refractivity contribution is -0.123. The number of nitrogens with two attached hydrogens (primary N) is 1. The number of carbonyl (C=O) groups excluding carboxylic acids is 2. The molecular formula is C10H16N4O3. The summed E-state index contributed by atoms with van der Waals surface area (Å²) in [6.45, 7) is 3.34. The van der Waals surface area contributed by atoms with E-state index in [0.29, 0.717) is 5.82 Å². The van der Waals surface area contributed by atoms with Crippen molar-refractivity contribution in [1.82, 2.24) is 14.9 Å². The zero-order chi connectivity index (χ0) is 13.2. The molecule has 0 saturated carbocycles. The lowest BCUT2D eigenvalue weighted by atomic mass is 10.3. The van der Waals surface area contributed by atoms with E-state index in [1.807, 2.05) is 0 Å². The number of ether oxygens (including phenoxy) is 1. The Kier molecular flexibility index (Phi) is 3.72. The van der Waals surface area contributed by atoms with Crippen molar-refractivity contribution in [3.63, 3.8) is 0 Å². The molecule has 0 aliphatic heterocycles. The van der Waals surface area contributed by atoms with Crippen molar-refractivity contribution in [3.05, 3.63) is 11.5 Å². The molecule has 0 radical (unpaired) electrons. The third kappa shape index (κ3) is 2.22. The Morgan fingerprint density at radius 1 is 1.53 bits per heavy atom. The molecule has 7 nitrogen and oxygen atoms in total. The van der Waals surface area contributed by atoms with Gasteiger partial charge < -0.3 is 20.4 Å². The molecule has 0 aliphatic carbocycles. The number of nitrogens with zero attached hydrogens (tertiary/aromatic N) is 2. The molecule has 1 aromatic heterocycles. The predicted molar refractivity (Wildman–Crippen MR) is 61.5 cm³/mol. The molecule has 1 aromatic rings. The summed E-state index contributed by atoms with van der Waals surface area (Å²) < 4.78 is 6.05. The monoisotopic (exact) mass is 240 g/mol. The summed E-state index contributed by atoms with van der Waals surface area (Å²) in [5.74, 6) is -0.216. The van der Waals surface area contributed by atoms with Gasteiger partial charge in [0.25, 0.3) is 0 Å². The van der Waals surface area contributed by atoms with Crippen LogP contribution in [0.5, 0.6) is 0 Å². The van der Waals surface area contributed by atoms with Crippen LogP contribution in [0.2, 0.25) is 0 Å². The van der Waals surface area contributed by atoms with Crippen molar-refractivity contribution >= 4 is 17.7 Å². The van der Waals surface area contributed by atoms with Crippen LogP contribution in [0.3, 0.4) is 0 Å². The number of methoxy groups -OCH3 is 1. The van der Waals surface area contributed by atoms with E-state index in [-0.39, 0.29) is 17.4 Å². The molecule has 1 atom stereocenters. The largest absolute Gasteiger partial charge is 0.464 e. The molecule has 0 bridgehead atoms.